The van der Waals surface area contributed by atoms with Crippen molar-refractivity contribution in [3.63, 3.8) is 0 Å². The number of nitrogens with zero attached hydrogens (tertiary/aromatic N) is 1. The molecule has 0 unspecified atom stereocenters. The predicted molar refractivity (Wildman–Crippen MR) is 116 cm³/mol. The van der Waals surface area contributed by atoms with E-state index in [-0.39, 0.29) is 11.8 Å². The maximum atomic E-state index is 12.7. The molecule has 2 amide bonds. The Labute approximate surface area is 173 Å². The van der Waals surface area contributed by atoms with E-state index in [9.17, 15) is 9.59 Å². The summed E-state index contributed by atoms with van der Waals surface area (Å²) >= 11 is 1.36. The van der Waals surface area contributed by atoms with E-state index in [4.69, 9.17) is 4.74 Å². The lowest BCUT2D eigenvalue weighted by molar-refractivity contribution is -0.128. The van der Waals surface area contributed by atoms with Crippen LogP contribution < -0.4 is 15.4 Å². The molecule has 0 aliphatic heterocycles. The standard InChI is InChI=1S/C22H23N3O3S/c1-4-19(26)25-21-24-18(14-29-21)15-9-8-10-16(13-15)23-20(27)22(2,3)28-17-11-6-5-7-12-17/h5-14H,4H2,1-3H3,(H,23,27)(H,24,25,26). The van der Waals surface area contributed by atoms with Gasteiger partial charge in [-0.3, -0.25) is 9.59 Å². The van der Waals surface area contributed by atoms with Crippen LogP contribution in [-0.4, -0.2) is 22.4 Å². The molecule has 1 aromatic heterocycles. The summed E-state index contributed by atoms with van der Waals surface area (Å²) in [5, 5.41) is 8.08. The van der Waals surface area contributed by atoms with Gasteiger partial charge in [0.2, 0.25) is 5.91 Å². The zero-order valence-corrected chi connectivity index (χ0v) is 17.4. The highest BCUT2D eigenvalue weighted by atomic mass is 32.1. The summed E-state index contributed by atoms with van der Waals surface area (Å²) in [6, 6.07) is 16.6. The van der Waals surface area contributed by atoms with Crippen LogP contribution in [0.15, 0.2) is 60.0 Å². The lowest BCUT2D eigenvalue weighted by Gasteiger charge is -2.25. The van der Waals surface area contributed by atoms with Crippen LogP contribution in [0, 0.1) is 0 Å². The van der Waals surface area contributed by atoms with Gasteiger partial charge in [-0.25, -0.2) is 4.98 Å². The summed E-state index contributed by atoms with van der Waals surface area (Å²) in [4.78, 5) is 28.7. The zero-order chi connectivity index (χ0) is 20.9. The lowest BCUT2D eigenvalue weighted by Crippen LogP contribution is -2.42. The molecule has 0 aliphatic rings. The number of anilines is 2. The number of nitrogens with one attached hydrogen (secondary N) is 2. The Bertz CT molecular complexity index is 999. The van der Waals surface area contributed by atoms with Gasteiger partial charge in [-0.05, 0) is 38.1 Å². The van der Waals surface area contributed by atoms with Crippen LogP contribution in [0.4, 0.5) is 10.8 Å². The van der Waals surface area contributed by atoms with E-state index in [2.05, 4.69) is 15.6 Å². The van der Waals surface area contributed by atoms with Gasteiger partial charge < -0.3 is 15.4 Å². The van der Waals surface area contributed by atoms with E-state index in [1.807, 2.05) is 60.0 Å². The third-order valence-corrected chi connectivity index (χ3v) is 4.91. The number of hydrogen-bond donors (Lipinski definition) is 2. The third kappa shape index (κ3) is 5.42. The molecule has 150 valence electrons. The molecule has 0 spiro atoms. The maximum absolute atomic E-state index is 12.7. The Morgan fingerprint density at radius 1 is 1.07 bits per heavy atom. The molecular weight excluding hydrogens is 386 g/mol. The van der Waals surface area contributed by atoms with Gasteiger partial charge in [0, 0.05) is 23.1 Å². The lowest BCUT2D eigenvalue weighted by atomic mass is 10.1. The number of rotatable bonds is 7. The number of aromatic nitrogens is 1. The average molecular weight is 410 g/mol. The SMILES string of the molecule is CCC(=O)Nc1nc(-c2cccc(NC(=O)C(C)(C)Oc3ccccc3)c2)cs1. The van der Waals surface area contributed by atoms with Crippen LogP contribution in [0.2, 0.25) is 0 Å². The van der Waals surface area contributed by atoms with Gasteiger partial charge in [0.15, 0.2) is 10.7 Å². The molecule has 3 aromatic rings. The fourth-order valence-corrected chi connectivity index (χ4v) is 3.27. The number of para-hydroxylation sites is 1. The molecular formula is C22H23N3O3S. The van der Waals surface area contributed by atoms with Gasteiger partial charge in [-0.2, -0.15) is 0 Å². The predicted octanol–water partition coefficient (Wildman–Crippen LogP) is 4.95. The van der Waals surface area contributed by atoms with Crippen molar-refractivity contribution in [1.29, 1.82) is 0 Å². The maximum Gasteiger partial charge on any atom is 0.267 e. The molecule has 2 aromatic carbocycles. The van der Waals surface area contributed by atoms with Gasteiger partial charge in [0.05, 0.1) is 5.69 Å². The quantitative estimate of drug-likeness (QED) is 0.578. The van der Waals surface area contributed by atoms with Gasteiger partial charge in [0.25, 0.3) is 5.91 Å². The zero-order valence-electron chi connectivity index (χ0n) is 16.6. The number of benzene rings is 2. The molecule has 0 saturated carbocycles. The Morgan fingerprint density at radius 2 is 1.83 bits per heavy atom. The highest BCUT2D eigenvalue weighted by Gasteiger charge is 2.30. The highest BCUT2D eigenvalue weighted by Crippen LogP contribution is 2.27. The minimum absolute atomic E-state index is 0.0763. The van der Waals surface area contributed by atoms with Crippen LogP contribution in [0.25, 0.3) is 11.3 Å². The van der Waals surface area contributed by atoms with Gasteiger partial charge in [0.1, 0.15) is 5.75 Å². The molecule has 1 heterocycles. The van der Waals surface area contributed by atoms with Crippen molar-refractivity contribution in [1.82, 2.24) is 4.98 Å². The largest absolute Gasteiger partial charge is 0.478 e. The summed E-state index contributed by atoms with van der Waals surface area (Å²) in [5.41, 5.74) is 1.18. The number of ether oxygens (including phenoxy) is 1. The molecule has 0 radical (unpaired) electrons. The minimum Gasteiger partial charge on any atom is -0.478 e. The van der Waals surface area contributed by atoms with Gasteiger partial charge >= 0.3 is 0 Å². The number of thiazole rings is 1. The number of carbonyl (C=O) groups is 2. The van der Waals surface area contributed by atoms with Crippen LogP contribution >= 0.6 is 11.3 Å². The first-order valence-corrected chi connectivity index (χ1v) is 10.2. The number of hydrogen-bond acceptors (Lipinski definition) is 5. The van der Waals surface area contributed by atoms with E-state index in [0.29, 0.717) is 23.0 Å². The van der Waals surface area contributed by atoms with Crippen LogP contribution in [0.5, 0.6) is 5.75 Å². The van der Waals surface area contributed by atoms with E-state index in [1.165, 1.54) is 11.3 Å². The smallest absolute Gasteiger partial charge is 0.267 e. The van der Waals surface area contributed by atoms with Gasteiger partial charge in [-0.15, -0.1) is 11.3 Å². The van der Waals surface area contributed by atoms with Crippen molar-refractivity contribution >= 4 is 34.0 Å². The first-order chi connectivity index (χ1) is 13.9. The van der Waals surface area contributed by atoms with Crippen LogP contribution in [-0.2, 0) is 9.59 Å². The summed E-state index contributed by atoms with van der Waals surface area (Å²) in [6.45, 7) is 5.24. The van der Waals surface area contributed by atoms with Crippen LogP contribution in [0.3, 0.4) is 0 Å². The molecule has 0 atom stereocenters. The fraction of sp³-hybridized carbons (Fsp3) is 0.227. The van der Waals surface area contributed by atoms with E-state index in [0.717, 1.165) is 11.3 Å². The summed E-state index contributed by atoms with van der Waals surface area (Å²) in [5.74, 6) is 0.297. The second kappa shape index (κ2) is 8.87. The molecule has 29 heavy (non-hydrogen) atoms. The van der Waals surface area contributed by atoms with Crippen molar-refractivity contribution in [3.8, 4) is 17.0 Å². The topological polar surface area (TPSA) is 80.3 Å². The number of carbonyl (C=O) groups excluding carboxylic acids is 2. The monoisotopic (exact) mass is 409 g/mol. The van der Waals surface area contributed by atoms with Crippen molar-refractivity contribution in [2.24, 2.45) is 0 Å². The highest BCUT2D eigenvalue weighted by molar-refractivity contribution is 7.14. The Morgan fingerprint density at radius 3 is 2.55 bits per heavy atom. The molecule has 7 heteroatoms. The Balaban J connectivity index is 1.71. The van der Waals surface area contributed by atoms with Crippen molar-refractivity contribution < 1.29 is 14.3 Å². The summed E-state index contributed by atoms with van der Waals surface area (Å²) in [6.07, 6.45) is 0.400. The summed E-state index contributed by atoms with van der Waals surface area (Å²) < 4.78 is 5.84. The molecule has 0 aliphatic carbocycles. The Kier molecular flexibility index (Phi) is 6.29. The number of amides is 2. The van der Waals surface area contributed by atoms with Gasteiger partial charge in [-0.1, -0.05) is 37.3 Å². The van der Waals surface area contributed by atoms with Crippen molar-refractivity contribution in [2.45, 2.75) is 32.8 Å². The van der Waals surface area contributed by atoms with E-state index < -0.39 is 5.60 Å². The van der Waals surface area contributed by atoms with Crippen molar-refractivity contribution in [3.05, 3.63) is 60.0 Å². The molecule has 3 rings (SSSR count). The second-order valence-corrected chi connectivity index (χ2v) is 7.76. The molecule has 6 nitrogen and oxygen atoms in total. The van der Waals surface area contributed by atoms with E-state index >= 15 is 0 Å². The van der Waals surface area contributed by atoms with Crippen LogP contribution in [0.1, 0.15) is 27.2 Å². The third-order valence-electron chi connectivity index (χ3n) is 4.15. The molecule has 0 bridgehead atoms. The normalized spacial score (nSPS) is 11.0. The first-order valence-electron chi connectivity index (χ1n) is 9.28. The second-order valence-electron chi connectivity index (χ2n) is 6.90. The molecule has 0 saturated heterocycles. The molecule has 0 fully saturated rings. The molecule has 2 N–H and O–H groups in total. The average Bonchev–Trinajstić information content (AvgIpc) is 3.17. The van der Waals surface area contributed by atoms with E-state index in [1.54, 1.807) is 20.8 Å². The van der Waals surface area contributed by atoms with Crippen molar-refractivity contribution in [2.75, 3.05) is 10.6 Å². The first kappa shape index (κ1) is 20.5. The fourth-order valence-electron chi connectivity index (χ4n) is 2.54. The summed E-state index contributed by atoms with van der Waals surface area (Å²) in [7, 11) is 0. The Hall–Kier alpha value is -3.19. The minimum atomic E-state index is -1.05.